The lowest BCUT2D eigenvalue weighted by molar-refractivity contribution is -0.136. The summed E-state index contributed by atoms with van der Waals surface area (Å²) in [5.41, 5.74) is 2.04. The van der Waals surface area contributed by atoms with Gasteiger partial charge in [0.05, 0.1) is 0 Å². The molecular weight excluding hydrogens is 434 g/mol. The first-order valence-electron chi connectivity index (χ1n) is 10.8. The quantitative estimate of drug-likeness (QED) is 0.240. The topological polar surface area (TPSA) is 94.8 Å². The van der Waals surface area contributed by atoms with E-state index in [1.165, 1.54) is 12.1 Å². The third-order valence-electron chi connectivity index (χ3n) is 5.24. The second-order valence-electron chi connectivity index (χ2n) is 7.57. The van der Waals surface area contributed by atoms with Gasteiger partial charge in [0.25, 0.3) is 0 Å². The van der Waals surface area contributed by atoms with Gasteiger partial charge in [-0.1, -0.05) is 67.6 Å². The Morgan fingerprint density at radius 1 is 0.941 bits per heavy atom. The van der Waals surface area contributed by atoms with Crippen molar-refractivity contribution in [2.24, 2.45) is 0 Å². The number of hydrogen-bond acceptors (Lipinski definition) is 6. The Hall–Kier alpha value is -4.39. The molecule has 1 aromatic heterocycles. The fourth-order valence-electron chi connectivity index (χ4n) is 3.55. The predicted molar refractivity (Wildman–Crippen MR) is 126 cm³/mol. The molecule has 7 heteroatoms. The summed E-state index contributed by atoms with van der Waals surface area (Å²) in [5.74, 6) is -0.523. The van der Waals surface area contributed by atoms with Crippen molar-refractivity contribution >= 4 is 23.0 Å². The van der Waals surface area contributed by atoms with Crippen molar-refractivity contribution in [3.05, 3.63) is 112 Å². The molecular formula is C27H23NO6. The number of esters is 1. The average Bonchev–Trinajstić information content (AvgIpc) is 2.86. The molecule has 0 bridgehead atoms. The molecule has 0 fully saturated rings. The Morgan fingerprint density at radius 3 is 2.35 bits per heavy atom. The molecule has 0 aliphatic heterocycles. The van der Waals surface area contributed by atoms with Gasteiger partial charge in [0, 0.05) is 17.5 Å². The minimum absolute atomic E-state index is 0.0622. The van der Waals surface area contributed by atoms with Crippen molar-refractivity contribution in [3.8, 4) is 5.75 Å². The number of ether oxygens (including phenoxy) is 2. The Morgan fingerprint density at radius 2 is 1.65 bits per heavy atom. The molecule has 0 aliphatic carbocycles. The molecule has 1 N–H and O–H groups in total. The lowest BCUT2D eigenvalue weighted by atomic mass is 10.1. The minimum Gasteiger partial charge on any atom is -0.445 e. The highest BCUT2D eigenvalue weighted by atomic mass is 16.6. The van der Waals surface area contributed by atoms with Gasteiger partial charge in [-0.05, 0) is 35.2 Å². The molecule has 0 saturated heterocycles. The van der Waals surface area contributed by atoms with Gasteiger partial charge in [-0.15, -0.1) is 0 Å². The zero-order chi connectivity index (χ0) is 23.9. The first-order chi connectivity index (χ1) is 16.5. The number of carbonyl (C=O) groups is 2. The molecule has 4 aromatic rings. The molecule has 3 aromatic carbocycles. The normalized spacial score (nSPS) is 11.6. The molecule has 172 valence electrons. The maximum Gasteiger partial charge on any atom is 0.408 e. The van der Waals surface area contributed by atoms with Gasteiger partial charge in [-0.3, -0.25) is 0 Å². The summed E-state index contributed by atoms with van der Waals surface area (Å²) in [6.45, 7) is 2.00. The lowest BCUT2D eigenvalue weighted by Gasteiger charge is -2.18. The minimum atomic E-state index is -1.10. The van der Waals surface area contributed by atoms with Crippen molar-refractivity contribution in [3.63, 3.8) is 0 Å². The van der Waals surface area contributed by atoms with Crippen LogP contribution in [0.5, 0.6) is 5.75 Å². The highest BCUT2D eigenvalue weighted by Crippen LogP contribution is 2.25. The molecule has 0 aliphatic rings. The number of aryl methyl sites for hydroxylation is 1. The maximum absolute atomic E-state index is 13.1. The van der Waals surface area contributed by atoms with Crippen LogP contribution >= 0.6 is 0 Å². The number of fused-ring (bicyclic) bond motifs is 1. The Kier molecular flexibility index (Phi) is 7.03. The standard InChI is InChI=1S/C27H23NO6/c1-2-19-15-24(29)34-23-16-21(13-14-22(19)23)33-26(30)25(20-11-7-4-8-12-20)28-27(31)32-17-18-9-5-3-6-10-18/h3-16,25H,2,17H2,1H3,(H,28,31)/t25-/m0/s1. The second kappa shape index (κ2) is 10.5. The molecule has 7 nitrogen and oxygen atoms in total. The van der Waals surface area contributed by atoms with E-state index in [1.807, 2.05) is 37.3 Å². The van der Waals surface area contributed by atoms with Crippen molar-refractivity contribution < 1.29 is 23.5 Å². The number of alkyl carbamates (subject to hydrolysis) is 1. The van der Waals surface area contributed by atoms with Crippen LogP contribution in [0.25, 0.3) is 11.0 Å². The summed E-state index contributed by atoms with van der Waals surface area (Å²) in [5, 5.41) is 3.35. The Bertz CT molecular complexity index is 1350. The SMILES string of the molecule is CCc1cc(=O)oc2cc(OC(=O)[C@@H](NC(=O)OCc3ccccc3)c3ccccc3)ccc12. The highest BCUT2D eigenvalue weighted by Gasteiger charge is 2.26. The fraction of sp³-hybridized carbons (Fsp3) is 0.148. The summed E-state index contributed by atoms with van der Waals surface area (Å²) >= 11 is 0. The fourth-order valence-corrected chi connectivity index (χ4v) is 3.55. The van der Waals surface area contributed by atoms with E-state index in [2.05, 4.69) is 5.32 Å². The monoisotopic (exact) mass is 457 g/mol. The van der Waals surface area contributed by atoms with E-state index >= 15 is 0 Å². The van der Waals surface area contributed by atoms with E-state index in [9.17, 15) is 14.4 Å². The van der Waals surface area contributed by atoms with Crippen molar-refractivity contribution in [2.75, 3.05) is 0 Å². The first kappa shape index (κ1) is 22.8. The summed E-state index contributed by atoms with van der Waals surface area (Å²) in [6.07, 6.45) is -0.0986. The summed E-state index contributed by atoms with van der Waals surface area (Å²) in [6, 6.07) is 23.1. The van der Waals surface area contributed by atoms with E-state index in [4.69, 9.17) is 13.9 Å². The summed E-state index contributed by atoms with van der Waals surface area (Å²) in [7, 11) is 0. The van der Waals surface area contributed by atoms with Gasteiger partial charge in [-0.2, -0.15) is 0 Å². The Balaban J connectivity index is 1.53. The van der Waals surface area contributed by atoms with Crippen LogP contribution in [-0.2, 0) is 22.6 Å². The van der Waals surface area contributed by atoms with E-state index in [1.54, 1.807) is 42.5 Å². The van der Waals surface area contributed by atoms with Crippen LogP contribution < -0.4 is 15.7 Å². The first-order valence-corrected chi connectivity index (χ1v) is 10.8. The van der Waals surface area contributed by atoms with Crippen LogP contribution in [0, 0.1) is 0 Å². The zero-order valence-corrected chi connectivity index (χ0v) is 18.5. The molecule has 0 unspecified atom stereocenters. The van der Waals surface area contributed by atoms with Crippen LogP contribution in [0.15, 0.2) is 94.1 Å². The largest absolute Gasteiger partial charge is 0.445 e. The van der Waals surface area contributed by atoms with Crippen LogP contribution in [0.2, 0.25) is 0 Å². The van der Waals surface area contributed by atoms with Crippen molar-refractivity contribution in [1.29, 1.82) is 0 Å². The third-order valence-corrected chi connectivity index (χ3v) is 5.24. The number of hydrogen-bond donors (Lipinski definition) is 1. The second-order valence-corrected chi connectivity index (χ2v) is 7.57. The highest BCUT2D eigenvalue weighted by molar-refractivity contribution is 5.86. The van der Waals surface area contributed by atoms with E-state index in [-0.39, 0.29) is 12.4 Å². The molecule has 1 atom stereocenters. The van der Waals surface area contributed by atoms with Gasteiger partial charge in [0.1, 0.15) is 17.9 Å². The summed E-state index contributed by atoms with van der Waals surface area (Å²) in [4.78, 5) is 37.4. The van der Waals surface area contributed by atoms with Crippen LogP contribution in [0.3, 0.4) is 0 Å². The summed E-state index contributed by atoms with van der Waals surface area (Å²) < 4.78 is 16.1. The lowest BCUT2D eigenvalue weighted by Crippen LogP contribution is -2.36. The third kappa shape index (κ3) is 5.50. The number of rotatable bonds is 7. The van der Waals surface area contributed by atoms with Crippen molar-refractivity contribution in [2.45, 2.75) is 26.0 Å². The van der Waals surface area contributed by atoms with Gasteiger partial charge in [0.2, 0.25) is 0 Å². The molecule has 1 heterocycles. The number of benzene rings is 3. The van der Waals surface area contributed by atoms with Gasteiger partial charge in [-0.25, -0.2) is 14.4 Å². The van der Waals surface area contributed by atoms with Crippen LogP contribution in [0.4, 0.5) is 4.79 Å². The van der Waals surface area contributed by atoms with E-state index in [0.717, 1.165) is 16.5 Å². The maximum atomic E-state index is 13.1. The van der Waals surface area contributed by atoms with Gasteiger partial charge in [0.15, 0.2) is 6.04 Å². The zero-order valence-electron chi connectivity index (χ0n) is 18.5. The molecule has 0 radical (unpaired) electrons. The predicted octanol–water partition coefficient (Wildman–Crippen LogP) is 4.93. The number of carbonyl (C=O) groups excluding carboxylic acids is 2. The molecule has 4 rings (SSSR count). The van der Waals surface area contributed by atoms with Crippen LogP contribution in [-0.4, -0.2) is 12.1 Å². The van der Waals surface area contributed by atoms with Crippen molar-refractivity contribution in [1.82, 2.24) is 5.32 Å². The number of nitrogens with one attached hydrogen (secondary N) is 1. The molecule has 1 amide bonds. The average molecular weight is 457 g/mol. The molecule has 0 saturated carbocycles. The van der Waals surface area contributed by atoms with E-state index < -0.39 is 23.7 Å². The number of amides is 1. The van der Waals surface area contributed by atoms with Gasteiger partial charge < -0.3 is 19.2 Å². The molecule has 0 spiro atoms. The molecule has 34 heavy (non-hydrogen) atoms. The van der Waals surface area contributed by atoms with Crippen LogP contribution in [0.1, 0.15) is 29.7 Å². The van der Waals surface area contributed by atoms with E-state index in [0.29, 0.717) is 17.6 Å². The Labute approximate surface area is 195 Å². The van der Waals surface area contributed by atoms with Gasteiger partial charge >= 0.3 is 17.7 Å². The smallest absolute Gasteiger partial charge is 0.408 e.